The van der Waals surface area contributed by atoms with Crippen LogP contribution in [0.5, 0.6) is 0 Å². The van der Waals surface area contributed by atoms with Gasteiger partial charge in [0.05, 0.1) is 0 Å². The Morgan fingerprint density at radius 2 is 1.43 bits per heavy atom. The van der Waals surface area contributed by atoms with Gasteiger partial charge in [0.2, 0.25) is 0 Å². The summed E-state index contributed by atoms with van der Waals surface area (Å²) in [5, 5.41) is 0. The van der Waals surface area contributed by atoms with E-state index in [9.17, 15) is 0 Å². The van der Waals surface area contributed by atoms with Crippen LogP contribution in [0.2, 0.25) is 0 Å². The molecule has 0 saturated carbocycles. The van der Waals surface area contributed by atoms with E-state index < -0.39 is 0 Å². The van der Waals surface area contributed by atoms with Gasteiger partial charge in [0.15, 0.2) is 0 Å². The van der Waals surface area contributed by atoms with Gasteiger partial charge < -0.3 is 4.79 Å². The average molecular weight is 192 g/mol. The standard InChI is InChI=1S/C9H10.C3H8.CH2O/c1-2-5-9-7-3-6-8(9)4-1;1-3-2;1-2/h1-2,4-5H,3,6-7H2;3H2,1-2H3;1H2. The zero-order chi connectivity index (χ0) is 10.8. The molecule has 1 heteroatoms. The second-order valence-electron chi connectivity index (χ2n) is 3.33. The SMILES string of the molecule is C=O.CCC.c1ccc2c(c1)CCC2. The minimum atomic E-state index is 1.25. The predicted octanol–water partition coefficient (Wildman–Crippen LogP) is 3.41. The minimum absolute atomic E-state index is 1.25. The van der Waals surface area contributed by atoms with Crippen molar-refractivity contribution >= 4 is 6.79 Å². The molecular formula is C13H20O. The first-order chi connectivity index (χ1) is 6.88. The van der Waals surface area contributed by atoms with E-state index in [1.807, 2.05) is 6.79 Å². The zero-order valence-corrected chi connectivity index (χ0v) is 9.25. The highest BCUT2D eigenvalue weighted by atomic mass is 16.1. The third-order valence-corrected chi connectivity index (χ3v) is 2.01. The first kappa shape index (κ1) is 12.9. The van der Waals surface area contributed by atoms with Crippen molar-refractivity contribution in [2.24, 2.45) is 0 Å². The monoisotopic (exact) mass is 192 g/mol. The van der Waals surface area contributed by atoms with Crippen molar-refractivity contribution in [3.8, 4) is 0 Å². The van der Waals surface area contributed by atoms with Crippen molar-refractivity contribution in [1.29, 1.82) is 0 Å². The number of rotatable bonds is 0. The maximum Gasteiger partial charge on any atom is 0.106 e. The Balaban J connectivity index is 0.000000294. The quantitative estimate of drug-likeness (QED) is 0.615. The van der Waals surface area contributed by atoms with Crippen LogP contribution in [-0.2, 0) is 17.6 Å². The van der Waals surface area contributed by atoms with Gasteiger partial charge in [0.1, 0.15) is 6.79 Å². The number of hydrogen-bond donors (Lipinski definition) is 0. The second-order valence-corrected chi connectivity index (χ2v) is 3.33. The topological polar surface area (TPSA) is 17.1 Å². The molecule has 0 heterocycles. The van der Waals surface area contributed by atoms with E-state index in [-0.39, 0.29) is 0 Å². The third-order valence-electron chi connectivity index (χ3n) is 2.01. The molecule has 14 heavy (non-hydrogen) atoms. The molecule has 0 amide bonds. The van der Waals surface area contributed by atoms with Crippen LogP contribution in [0, 0.1) is 0 Å². The van der Waals surface area contributed by atoms with Crippen molar-refractivity contribution in [1.82, 2.24) is 0 Å². The van der Waals surface area contributed by atoms with Crippen molar-refractivity contribution in [3.63, 3.8) is 0 Å². The molecule has 1 nitrogen and oxygen atoms in total. The summed E-state index contributed by atoms with van der Waals surface area (Å²) in [6.45, 7) is 6.25. The molecular weight excluding hydrogens is 172 g/mol. The van der Waals surface area contributed by atoms with Gasteiger partial charge in [-0.1, -0.05) is 44.5 Å². The molecule has 0 aromatic heterocycles. The first-order valence-corrected chi connectivity index (χ1v) is 5.24. The van der Waals surface area contributed by atoms with Crippen LogP contribution in [0.15, 0.2) is 24.3 Å². The van der Waals surface area contributed by atoms with E-state index in [1.165, 1.54) is 25.7 Å². The molecule has 0 saturated heterocycles. The van der Waals surface area contributed by atoms with Gasteiger partial charge in [-0.2, -0.15) is 0 Å². The molecule has 0 fully saturated rings. The summed E-state index contributed by atoms with van der Waals surface area (Å²) >= 11 is 0. The summed E-state index contributed by atoms with van der Waals surface area (Å²) < 4.78 is 0. The fourth-order valence-corrected chi connectivity index (χ4v) is 1.51. The summed E-state index contributed by atoms with van der Waals surface area (Å²) in [7, 11) is 0. The lowest BCUT2D eigenvalue weighted by Gasteiger charge is -1.93. The van der Waals surface area contributed by atoms with E-state index in [4.69, 9.17) is 4.79 Å². The van der Waals surface area contributed by atoms with Gasteiger partial charge in [-0.25, -0.2) is 0 Å². The molecule has 0 atom stereocenters. The number of carbonyl (C=O) groups is 1. The van der Waals surface area contributed by atoms with E-state index >= 15 is 0 Å². The van der Waals surface area contributed by atoms with E-state index in [1.54, 1.807) is 11.1 Å². The largest absolute Gasteiger partial charge is 0.307 e. The van der Waals surface area contributed by atoms with Crippen LogP contribution in [0.1, 0.15) is 37.8 Å². The third kappa shape index (κ3) is 4.22. The molecule has 0 aliphatic heterocycles. The van der Waals surface area contributed by atoms with Crippen LogP contribution in [-0.4, -0.2) is 6.79 Å². The Morgan fingerprint density at radius 1 is 1.07 bits per heavy atom. The minimum Gasteiger partial charge on any atom is -0.307 e. The lowest BCUT2D eigenvalue weighted by molar-refractivity contribution is -0.0979. The number of aryl methyl sites for hydroxylation is 2. The summed E-state index contributed by atoms with van der Waals surface area (Å²) in [5.74, 6) is 0. The van der Waals surface area contributed by atoms with Gasteiger partial charge >= 0.3 is 0 Å². The Hall–Kier alpha value is -1.11. The van der Waals surface area contributed by atoms with Gasteiger partial charge in [-0.15, -0.1) is 0 Å². The molecule has 1 aliphatic rings. The van der Waals surface area contributed by atoms with Crippen molar-refractivity contribution in [2.75, 3.05) is 0 Å². The highest BCUT2D eigenvalue weighted by Gasteiger charge is 2.07. The average Bonchev–Trinajstić information content (AvgIpc) is 2.69. The molecule has 0 radical (unpaired) electrons. The molecule has 1 aliphatic carbocycles. The smallest absolute Gasteiger partial charge is 0.106 e. The lowest BCUT2D eigenvalue weighted by Crippen LogP contribution is -1.77. The Labute approximate surface area is 87.2 Å². The van der Waals surface area contributed by atoms with Crippen LogP contribution in [0.3, 0.4) is 0 Å². The normalized spacial score (nSPS) is 11.6. The zero-order valence-electron chi connectivity index (χ0n) is 9.25. The van der Waals surface area contributed by atoms with E-state index in [0.717, 1.165) is 0 Å². The first-order valence-electron chi connectivity index (χ1n) is 5.24. The maximum atomic E-state index is 8.00. The van der Waals surface area contributed by atoms with Crippen molar-refractivity contribution < 1.29 is 4.79 Å². The summed E-state index contributed by atoms with van der Waals surface area (Å²) in [4.78, 5) is 8.00. The molecule has 1 aromatic carbocycles. The Morgan fingerprint density at radius 3 is 1.79 bits per heavy atom. The lowest BCUT2D eigenvalue weighted by atomic mass is 10.1. The second kappa shape index (κ2) is 8.49. The molecule has 1 aromatic rings. The number of hydrogen-bond acceptors (Lipinski definition) is 1. The molecule has 0 N–H and O–H groups in total. The molecule has 0 bridgehead atoms. The van der Waals surface area contributed by atoms with E-state index in [2.05, 4.69) is 38.1 Å². The molecule has 0 spiro atoms. The Bertz CT molecular complexity index is 220. The molecule has 0 unspecified atom stereocenters. The highest BCUT2D eigenvalue weighted by Crippen LogP contribution is 2.20. The summed E-state index contributed by atoms with van der Waals surface area (Å²) in [6, 6.07) is 8.74. The van der Waals surface area contributed by atoms with Gasteiger partial charge in [-0.05, 0) is 30.4 Å². The fraction of sp³-hybridized carbons (Fsp3) is 0.462. The number of fused-ring (bicyclic) bond motifs is 1. The molecule has 78 valence electrons. The van der Waals surface area contributed by atoms with Crippen LogP contribution >= 0.6 is 0 Å². The maximum absolute atomic E-state index is 8.00. The van der Waals surface area contributed by atoms with E-state index in [0.29, 0.717) is 0 Å². The summed E-state index contributed by atoms with van der Waals surface area (Å²) in [6.07, 6.45) is 5.21. The number of carbonyl (C=O) groups excluding carboxylic acids is 1. The van der Waals surface area contributed by atoms with Crippen LogP contribution in [0.25, 0.3) is 0 Å². The van der Waals surface area contributed by atoms with Crippen molar-refractivity contribution in [2.45, 2.75) is 39.5 Å². The number of benzene rings is 1. The van der Waals surface area contributed by atoms with Gasteiger partial charge in [-0.3, -0.25) is 0 Å². The predicted molar refractivity (Wildman–Crippen MR) is 61.6 cm³/mol. The molecule has 2 rings (SSSR count). The fourth-order valence-electron chi connectivity index (χ4n) is 1.51. The van der Waals surface area contributed by atoms with Crippen molar-refractivity contribution in [3.05, 3.63) is 35.4 Å². The van der Waals surface area contributed by atoms with Gasteiger partial charge in [0, 0.05) is 0 Å². The van der Waals surface area contributed by atoms with Gasteiger partial charge in [0.25, 0.3) is 0 Å². The summed E-state index contributed by atoms with van der Waals surface area (Å²) in [5.41, 5.74) is 3.13. The highest BCUT2D eigenvalue weighted by molar-refractivity contribution is 5.30. The Kier molecular flexibility index (Phi) is 7.81. The van der Waals surface area contributed by atoms with Crippen LogP contribution in [0.4, 0.5) is 0 Å². The van der Waals surface area contributed by atoms with Crippen LogP contribution < -0.4 is 0 Å².